The van der Waals surface area contributed by atoms with Crippen LogP contribution in [0.3, 0.4) is 0 Å². The fraction of sp³-hybridized carbons (Fsp3) is 0. The lowest BCUT2D eigenvalue weighted by Gasteiger charge is -1.81. The predicted molar refractivity (Wildman–Crippen MR) is 44.8 cm³/mol. The molecular weight excluding hydrogens is 176 g/mol. The molecule has 1 aromatic carbocycles. The molecule has 0 amide bonds. The lowest BCUT2D eigenvalue weighted by Crippen LogP contribution is -1.68. The van der Waals surface area contributed by atoms with Crippen molar-refractivity contribution in [3.63, 3.8) is 0 Å². The van der Waals surface area contributed by atoms with E-state index in [1.165, 1.54) is 0 Å². The third-order valence-corrected chi connectivity index (χ3v) is 2.30. The highest BCUT2D eigenvalue weighted by molar-refractivity contribution is 7.64. The first-order valence-electron chi connectivity index (χ1n) is 3.36. The van der Waals surface area contributed by atoms with Gasteiger partial charge in [0.25, 0.3) is 0 Å². The average molecular weight is 182 g/mol. The summed E-state index contributed by atoms with van der Waals surface area (Å²) in [6.45, 7) is 0. The Morgan fingerprint density at radius 2 is 1.83 bits per heavy atom. The maximum atomic E-state index is 10.6. The molecule has 62 valence electrons. The Bertz CT molecular complexity index is 568. The summed E-state index contributed by atoms with van der Waals surface area (Å²) < 4.78 is 21.4. The van der Waals surface area contributed by atoms with Crippen LogP contribution in [0.1, 0.15) is 0 Å². The summed E-state index contributed by atoms with van der Waals surface area (Å²) in [5.41, 5.74) is 0.789. The number of rotatable bonds is 0. The van der Waals surface area contributed by atoms with Crippen LogP contribution >= 0.6 is 0 Å². The monoisotopic (exact) mass is 182 g/mol. The Kier molecular flexibility index (Phi) is 1.51. The van der Waals surface area contributed by atoms with Crippen LogP contribution in [-0.2, 0) is 10.3 Å². The van der Waals surface area contributed by atoms with E-state index in [9.17, 15) is 8.42 Å². The number of hydrogen-bond donors (Lipinski definition) is 2. The maximum Gasteiger partial charge on any atom is 0.240 e. The van der Waals surface area contributed by atoms with Gasteiger partial charge in [-0.25, -0.2) is 0 Å². The summed E-state index contributed by atoms with van der Waals surface area (Å²) in [5.74, 6) is 0. The van der Waals surface area contributed by atoms with Crippen LogP contribution in [0.25, 0.3) is 10.9 Å². The van der Waals surface area contributed by atoms with E-state index < -0.39 is 10.3 Å². The quantitative estimate of drug-likeness (QED) is 0.594. The summed E-state index contributed by atoms with van der Waals surface area (Å²) in [4.78, 5) is 0. The van der Waals surface area contributed by atoms with Gasteiger partial charge in [0.15, 0.2) is 4.64 Å². The molecule has 0 unspecified atom stereocenters. The van der Waals surface area contributed by atoms with E-state index in [1.807, 2.05) is 12.1 Å². The van der Waals surface area contributed by atoms with Crippen molar-refractivity contribution in [3.8, 4) is 0 Å². The second-order valence-electron chi connectivity index (χ2n) is 2.36. The topological polar surface area (TPSA) is 65.7 Å². The minimum Gasteiger partial charge on any atom is -0.299 e. The molecular formula is C7H6N2O2S. The number of nitrogens with one attached hydrogen (secondary N) is 2. The fourth-order valence-corrected chi connectivity index (χ4v) is 1.60. The molecule has 0 saturated heterocycles. The lowest BCUT2D eigenvalue weighted by molar-refractivity contribution is 0.624. The van der Waals surface area contributed by atoms with Gasteiger partial charge in [0.05, 0.1) is 5.52 Å². The van der Waals surface area contributed by atoms with Crippen molar-refractivity contribution < 1.29 is 8.42 Å². The summed E-state index contributed by atoms with van der Waals surface area (Å²) in [7, 11) is -2.21. The van der Waals surface area contributed by atoms with Gasteiger partial charge in [0, 0.05) is 5.39 Å². The van der Waals surface area contributed by atoms with Crippen molar-refractivity contribution >= 4 is 21.2 Å². The van der Waals surface area contributed by atoms with E-state index in [0.717, 1.165) is 5.52 Å². The molecule has 0 bridgehead atoms. The van der Waals surface area contributed by atoms with E-state index in [-0.39, 0.29) is 4.64 Å². The largest absolute Gasteiger partial charge is 0.299 e. The number of aromatic nitrogens is 2. The van der Waals surface area contributed by atoms with E-state index in [2.05, 4.69) is 10.2 Å². The highest BCUT2D eigenvalue weighted by atomic mass is 32.2. The number of aromatic amines is 2. The van der Waals surface area contributed by atoms with Crippen LogP contribution in [0.15, 0.2) is 24.3 Å². The highest BCUT2D eigenvalue weighted by Gasteiger charge is 1.96. The third-order valence-electron chi connectivity index (χ3n) is 1.65. The molecule has 0 atom stereocenters. The first-order chi connectivity index (χ1) is 5.79. The number of para-hydroxylation sites is 1. The van der Waals surface area contributed by atoms with Crippen molar-refractivity contribution in [2.45, 2.75) is 0 Å². The third kappa shape index (κ3) is 0.947. The van der Waals surface area contributed by atoms with Crippen molar-refractivity contribution in [3.05, 3.63) is 28.9 Å². The number of hydrogen-bond acceptors (Lipinski definition) is 2. The van der Waals surface area contributed by atoms with Gasteiger partial charge in [-0.2, -0.15) is 8.42 Å². The molecule has 12 heavy (non-hydrogen) atoms. The summed E-state index contributed by atoms with van der Waals surface area (Å²) in [5, 5.41) is 6.01. The molecule has 2 rings (SSSR count). The molecule has 4 nitrogen and oxygen atoms in total. The highest BCUT2D eigenvalue weighted by Crippen LogP contribution is 2.09. The van der Waals surface area contributed by atoms with Gasteiger partial charge in [-0.3, -0.25) is 10.2 Å². The Balaban J connectivity index is 3.20. The Hall–Kier alpha value is -1.49. The molecule has 0 saturated carbocycles. The molecule has 2 aromatic rings. The zero-order valence-electron chi connectivity index (χ0n) is 6.03. The molecule has 0 aliphatic carbocycles. The zero-order valence-corrected chi connectivity index (χ0v) is 6.85. The number of fused-ring (bicyclic) bond motifs is 1. The first kappa shape index (κ1) is 7.17. The van der Waals surface area contributed by atoms with Crippen LogP contribution in [0.4, 0.5) is 0 Å². The summed E-state index contributed by atoms with van der Waals surface area (Å²) in [6, 6.07) is 7.18. The van der Waals surface area contributed by atoms with Crippen LogP contribution in [-0.4, -0.2) is 18.6 Å². The first-order valence-corrected chi connectivity index (χ1v) is 4.44. The maximum absolute atomic E-state index is 10.6. The van der Waals surface area contributed by atoms with Crippen LogP contribution in [0.2, 0.25) is 0 Å². The fourth-order valence-electron chi connectivity index (χ4n) is 1.11. The smallest absolute Gasteiger partial charge is 0.240 e. The van der Waals surface area contributed by atoms with E-state index in [4.69, 9.17) is 0 Å². The normalized spacial score (nSPS) is 10.3. The van der Waals surface area contributed by atoms with Crippen molar-refractivity contribution in [2.75, 3.05) is 0 Å². The molecule has 0 spiro atoms. The van der Waals surface area contributed by atoms with Gasteiger partial charge in [-0.1, -0.05) is 12.1 Å². The SMILES string of the molecule is O=S(=O)=c1[nH][nH]c2ccccc12. The molecule has 0 radical (unpaired) electrons. The minimum atomic E-state index is -2.21. The molecule has 1 heterocycles. The van der Waals surface area contributed by atoms with Gasteiger partial charge >= 0.3 is 0 Å². The zero-order chi connectivity index (χ0) is 8.55. The van der Waals surface area contributed by atoms with Gasteiger partial charge in [-0.15, -0.1) is 0 Å². The Morgan fingerprint density at radius 1 is 1.08 bits per heavy atom. The van der Waals surface area contributed by atoms with Crippen molar-refractivity contribution in [2.24, 2.45) is 0 Å². The lowest BCUT2D eigenvalue weighted by atomic mass is 10.3. The predicted octanol–water partition coefficient (Wildman–Crippen LogP) is 0.907. The molecule has 1 aromatic heterocycles. The summed E-state index contributed by atoms with van der Waals surface area (Å²) in [6.07, 6.45) is 0. The van der Waals surface area contributed by atoms with Crippen molar-refractivity contribution in [1.82, 2.24) is 10.2 Å². The molecule has 0 aliphatic rings. The van der Waals surface area contributed by atoms with E-state index in [1.54, 1.807) is 12.1 Å². The molecule has 0 fully saturated rings. The Labute approximate surface area is 69.4 Å². The van der Waals surface area contributed by atoms with Crippen molar-refractivity contribution in [1.29, 1.82) is 0 Å². The van der Waals surface area contributed by atoms with E-state index >= 15 is 0 Å². The van der Waals surface area contributed by atoms with Crippen LogP contribution < -0.4 is 0 Å². The van der Waals surface area contributed by atoms with Gasteiger partial charge in [-0.05, 0) is 12.1 Å². The molecule has 0 aliphatic heterocycles. The average Bonchev–Trinajstić information content (AvgIpc) is 2.47. The summed E-state index contributed by atoms with van der Waals surface area (Å²) >= 11 is 0. The van der Waals surface area contributed by atoms with E-state index in [0.29, 0.717) is 5.39 Å². The van der Waals surface area contributed by atoms with Crippen LogP contribution in [0, 0.1) is 4.64 Å². The van der Waals surface area contributed by atoms with Gasteiger partial charge in [0.2, 0.25) is 10.3 Å². The van der Waals surface area contributed by atoms with Gasteiger partial charge in [0.1, 0.15) is 0 Å². The standard InChI is InChI=1S/C7H6N2O2S/c10-12(11)7-5-3-1-2-4-6(5)8-9-7/h1-4,8-9H. The molecule has 2 N–H and O–H groups in total. The second kappa shape index (κ2) is 2.53. The Morgan fingerprint density at radius 3 is 2.58 bits per heavy atom. The number of benzene rings is 1. The second-order valence-corrected chi connectivity index (χ2v) is 3.24. The van der Waals surface area contributed by atoms with Crippen LogP contribution in [0.5, 0.6) is 0 Å². The van der Waals surface area contributed by atoms with Gasteiger partial charge < -0.3 is 0 Å². The molecule has 5 heteroatoms. The minimum absolute atomic E-state index is 0.200. The number of H-pyrrole nitrogens is 2.